The maximum absolute atomic E-state index is 12.7. The Labute approximate surface area is 166 Å². The Kier molecular flexibility index (Phi) is 4.85. The van der Waals surface area contributed by atoms with Crippen LogP contribution in [-0.4, -0.2) is 48.6 Å². The smallest absolute Gasteiger partial charge is 0.341 e. The van der Waals surface area contributed by atoms with E-state index in [0.29, 0.717) is 21.9 Å². The van der Waals surface area contributed by atoms with E-state index >= 15 is 0 Å². The van der Waals surface area contributed by atoms with Gasteiger partial charge < -0.3 is 18.8 Å². The number of carbonyl (C=O) groups is 2. The van der Waals surface area contributed by atoms with Crippen LogP contribution in [0.1, 0.15) is 40.0 Å². The molecular formula is C20H20ClN3O4. The van der Waals surface area contributed by atoms with E-state index in [0.717, 1.165) is 37.9 Å². The summed E-state index contributed by atoms with van der Waals surface area (Å²) in [4.78, 5) is 32.0. The molecule has 1 fully saturated rings. The highest BCUT2D eigenvalue weighted by molar-refractivity contribution is 6.31. The van der Waals surface area contributed by atoms with Crippen molar-refractivity contribution in [1.82, 2.24) is 9.38 Å². The molecule has 3 aromatic rings. The average Bonchev–Trinajstić information content (AvgIpc) is 3.13. The van der Waals surface area contributed by atoms with Crippen LogP contribution in [0.5, 0.6) is 0 Å². The molecule has 1 aromatic carbocycles. The van der Waals surface area contributed by atoms with Crippen molar-refractivity contribution in [3.8, 4) is 0 Å². The van der Waals surface area contributed by atoms with Crippen LogP contribution >= 0.6 is 11.6 Å². The summed E-state index contributed by atoms with van der Waals surface area (Å²) in [6, 6.07) is 5.37. The lowest BCUT2D eigenvalue weighted by atomic mass is 10.1. The van der Waals surface area contributed by atoms with E-state index in [9.17, 15) is 9.59 Å². The minimum atomic E-state index is -0.608. The lowest BCUT2D eigenvalue weighted by Crippen LogP contribution is -2.31. The highest BCUT2D eigenvalue weighted by atomic mass is 35.5. The molecule has 0 atom stereocenters. The zero-order valence-corrected chi connectivity index (χ0v) is 16.5. The normalized spacial score (nSPS) is 14.5. The third-order valence-electron chi connectivity index (χ3n) is 5.09. The number of nitrogens with zero attached hydrogens (tertiary/aromatic N) is 3. The predicted molar refractivity (Wildman–Crippen MR) is 106 cm³/mol. The van der Waals surface area contributed by atoms with Crippen molar-refractivity contribution in [1.29, 1.82) is 0 Å². The van der Waals surface area contributed by atoms with Gasteiger partial charge in [-0.05, 0) is 37.5 Å². The van der Waals surface area contributed by atoms with Gasteiger partial charge in [-0.3, -0.25) is 0 Å². The number of carbonyl (C=O) groups excluding carboxylic acids is 2. The second-order valence-electron chi connectivity index (χ2n) is 6.74. The number of anilines is 1. The molecule has 1 aliphatic heterocycles. The van der Waals surface area contributed by atoms with Crippen LogP contribution in [0.25, 0.3) is 16.6 Å². The van der Waals surface area contributed by atoms with E-state index in [1.807, 2.05) is 6.07 Å². The molecule has 146 valence electrons. The lowest BCUT2D eigenvalue weighted by Gasteiger charge is -2.29. The Morgan fingerprint density at radius 1 is 1.07 bits per heavy atom. The molecule has 1 saturated heterocycles. The van der Waals surface area contributed by atoms with Crippen LogP contribution < -0.4 is 4.90 Å². The molecule has 0 amide bonds. The molecule has 0 radical (unpaired) electrons. The number of ether oxygens (including phenoxy) is 2. The number of fused-ring (bicyclic) bond motifs is 3. The van der Waals surface area contributed by atoms with Crippen molar-refractivity contribution in [3.63, 3.8) is 0 Å². The Morgan fingerprint density at radius 3 is 2.46 bits per heavy atom. The van der Waals surface area contributed by atoms with Gasteiger partial charge in [0.1, 0.15) is 11.1 Å². The third-order valence-corrected chi connectivity index (χ3v) is 5.33. The Balaban J connectivity index is 2.13. The standard InChI is InChI=1S/C20H20ClN3O4/c1-27-19(25)13-11-24-15-10-12(21)6-7-14(15)22-18(23-8-4-3-5-9-23)17(24)16(13)20(26)28-2/h6-7,10-11H,3-5,8-9H2,1-2H3. The molecule has 2 aromatic heterocycles. The van der Waals surface area contributed by atoms with Gasteiger partial charge >= 0.3 is 11.9 Å². The number of hydrogen-bond acceptors (Lipinski definition) is 6. The molecular weight excluding hydrogens is 382 g/mol. The van der Waals surface area contributed by atoms with Crippen LogP contribution in [-0.2, 0) is 9.47 Å². The summed E-state index contributed by atoms with van der Waals surface area (Å²) in [5.74, 6) is -0.557. The van der Waals surface area contributed by atoms with Gasteiger partial charge in [0.15, 0.2) is 5.82 Å². The molecule has 4 rings (SSSR count). The van der Waals surface area contributed by atoms with Crippen LogP contribution in [0.15, 0.2) is 24.4 Å². The van der Waals surface area contributed by atoms with E-state index in [4.69, 9.17) is 26.1 Å². The fraction of sp³-hybridized carbons (Fsp3) is 0.350. The van der Waals surface area contributed by atoms with Gasteiger partial charge in [0.05, 0.1) is 30.8 Å². The van der Waals surface area contributed by atoms with Crippen LogP contribution in [0.2, 0.25) is 5.02 Å². The first-order valence-electron chi connectivity index (χ1n) is 9.11. The van der Waals surface area contributed by atoms with E-state index in [1.165, 1.54) is 14.2 Å². The largest absolute Gasteiger partial charge is 0.465 e. The maximum Gasteiger partial charge on any atom is 0.341 e. The molecule has 0 unspecified atom stereocenters. The molecule has 0 N–H and O–H groups in total. The molecule has 0 saturated carbocycles. The van der Waals surface area contributed by atoms with E-state index < -0.39 is 11.9 Å². The SMILES string of the molecule is COC(=O)c1cn2c(c(N3CCCCC3)nc3ccc(Cl)cc32)c1C(=O)OC. The molecule has 0 bridgehead atoms. The first-order chi connectivity index (χ1) is 13.5. The first-order valence-corrected chi connectivity index (χ1v) is 9.49. The van der Waals surface area contributed by atoms with Gasteiger partial charge in [-0.1, -0.05) is 11.6 Å². The van der Waals surface area contributed by atoms with Gasteiger partial charge in [-0.2, -0.15) is 0 Å². The zero-order chi connectivity index (χ0) is 19.8. The van der Waals surface area contributed by atoms with Crippen molar-refractivity contribution >= 4 is 45.9 Å². The lowest BCUT2D eigenvalue weighted by molar-refractivity contribution is 0.0558. The molecule has 0 spiro atoms. The highest BCUT2D eigenvalue weighted by Crippen LogP contribution is 2.34. The molecule has 7 nitrogen and oxygen atoms in total. The van der Waals surface area contributed by atoms with E-state index in [-0.39, 0.29) is 11.1 Å². The number of piperidine rings is 1. The van der Waals surface area contributed by atoms with Crippen molar-refractivity contribution in [2.24, 2.45) is 0 Å². The van der Waals surface area contributed by atoms with Crippen molar-refractivity contribution in [2.75, 3.05) is 32.2 Å². The summed E-state index contributed by atoms with van der Waals surface area (Å²) < 4.78 is 11.7. The molecule has 28 heavy (non-hydrogen) atoms. The number of esters is 2. The fourth-order valence-corrected chi connectivity index (χ4v) is 3.93. The molecule has 1 aliphatic rings. The summed E-state index contributed by atoms with van der Waals surface area (Å²) >= 11 is 6.20. The quantitative estimate of drug-likeness (QED) is 0.623. The summed E-state index contributed by atoms with van der Waals surface area (Å²) in [7, 11) is 2.57. The van der Waals surface area contributed by atoms with Gasteiger partial charge in [0.25, 0.3) is 0 Å². The summed E-state index contributed by atoms with van der Waals surface area (Å²) in [6.45, 7) is 1.67. The number of methoxy groups -OCH3 is 2. The number of halogens is 1. The number of rotatable bonds is 3. The van der Waals surface area contributed by atoms with E-state index in [2.05, 4.69) is 4.90 Å². The molecule has 8 heteroatoms. The van der Waals surface area contributed by atoms with E-state index in [1.54, 1.807) is 22.7 Å². The Hall–Kier alpha value is -2.80. The van der Waals surface area contributed by atoms with Crippen LogP contribution in [0.4, 0.5) is 5.82 Å². The Bertz CT molecular complexity index is 1090. The van der Waals surface area contributed by atoms with Gasteiger partial charge in [-0.15, -0.1) is 0 Å². The van der Waals surface area contributed by atoms with Gasteiger partial charge in [0.2, 0.25) is 0 Å². The van der Waals surface area contributed by atoms with Crippen LogP contribution in [0.3, 0.4) is 0 Å². The number of benzene rings is 1. The number of aromatic nitrogens is 2. The van der Waals surface area contributed by atoms with Crippen LogP contribution in [0, 0.1) is 0 Å². The monoisotopic (exact) mass is 401 g/mol. The average molecular weight is 402 g/mol. The third kappa shape index (κ3) is 2.96. The van der Waals surface area contributed by atoms with Gasteiger partial charge in [-0.25, -0.2) is 14.6 Å². The minimum Gasteiger partial charge on any atom is -0.465 e. The topological polar surface area (TPSA) is 73.1 Å². The van der Waals surface area contributed by atoms with Crippen molar-refractivity contribution in [3.05, 3.63) is 40.5 Å². The second kappa shape index (κ2) is 7.31. The Morgan fingerprint density at radius 2 is 1.79 bits per heavy atom. The van der Waals surface area contributed by atoms with Gasteiger partial charge in [0, 0.05) is 24.3 Å². The summed E-state index contributed by atoms with van der Waals surface area (Å²) in [5.41, 5.74) is 2.25. The molecule has 0 aliphatic carbocycles. The van der Waals surface area contributed by atoms with Crippen molar-refractivity contribution in [2.45, 2.75) is 19.3 Å². The van der Waals surface area contributed by atoms with Crippen molar-refractivity contribution < 1.29 is 19.1 Å². The second-order valence-corrected chi connectivity index (χ2v) is 7.17. The summed E-state index contributed by atoms with van der Waals surface area (Å²) in [6.07, 6.45) is 4.85. The minimum absolute atomic E-state index is 0.141. The highest BCUT2D eigenvalue weighted by Gasteiger charge is 2.29. The molecule has 3 heterocycles. The fourth-order valence-electron chi connectivity index (χ4n) is 3.77. The zero-order valence-electron chi connectivity index (χ0n) is 15.7. The predicted octanol–water partition coefficient (Wildman–Crippen LogP) is 3.70. The first kappa shape index (κ1) is 18.6. The number of hydrogen-bond donors (Lipinski definition) is 0. The summed E-state index contributed by atoms with van der Waals surface area (Å²) in [5, 5.41) is 0.536. The maximum atomic E-state index is 12.7.